The van der Waals surface area contributed by atoms with Crippen LogP contribution in [-0.4, -0.2) is 7.11 Å². The first kappa shape index (κ1) is 11.2. The maximum Gasteiger partial charge on any atom is 0.133 e. The van der Waals surface area contributed by atoms with E-state index in [4.69, 9.17) is 4.74 Å². The van der Waals surface area contributed by atoms with E-state index in [1.54, 1.807) is 29.8 Å². The molecule has 2 heterocycles. The fraction of sp³-hybridized carbons (Fsp3) is 0.273. The number of hydrogen-bond donors (Lipinski definition) is 0. The molecule has 2 aromatic heterocycles. The van der Waals surface area contributed by atoms with Gasteiger partial charge in [-0.15, -0.1) is 11.3 Å². The van der Waals surface area contributed by atoms with E-state index in [1.165, 1.54) is 10.4 Å². The van der Waals surface area contributed by atoms with Crippen LogP contribution in [0.1, 0.15) is 15.3 Å². The van der Waals surface area contributed by atoms with Gasteiger partial charge in [0.2, 0.25) is 0 Å². The van der Waals surface area contributed by atoms with Crippen molar-refractivity contribution in [3.63, 3.8) is 0 Å². The van der Waals surface area contributed by atoms with Gasteiger partial charge in [-0.05, 0) is 40.3 Å². The number of hydrogen-bond acceptors (Lipinski definition) is 3. The lowest BCUT2D eigenvalue weighted by Gasteiger charge is -2.08. The Balaban J connectivity index is 2.11. The molecule has 1 atom stereocenters. The Morgan fingerprint density at radius 2 is 2.27 bits per heavy atom. The third-order valence-corrected chi connectivity index (χ3v) is 4.99. The summed E-state index contributed by atoms with van der Waals surface area (Å²) in [5, 5.41) is 6.37. The summed E-state index contributed by atoms with van der Waals surface area (Å²) in [4.78, 5) is 1.62. The van der Waals surface area contributed by atoms with E-state index < -0.39 is 0 Å². The highest BCUT2D eigenvalue weighted by atomic mass is 79.9. The van der Waals surface area contributed by atoms with Gasteiger partial charge in [0.15, 0.2) is 0 Å². The van der Waals surface area contributed by atoms with Gasteiger partial charge in [-0.2, -0.15) is 11.3 Å². The summed E-state index contributed by atoms with van der Waals surface area (Å²) in [5.74, 6) is 0.983. The second-order valence-corrected chi connectivity index (χ2v) is 5.99. The third-order valence-electron chi connectivity index (χ3n) is 2.16. The number of halogens is 1. The molecule has 0 bridgehead atoms. The van der Waals surface area contributed by atoms with E-state index in [-0.39, 0.29) is 0 Å². The largest absolute Gasteiger partial charge is 0.496 e. The standard InChI is InChI=1S/C11H11BrOS2/c1-13-10-3-5-15-11(10)9(12)6-8-2-4-14-7-8/h2-5,7,9H,6H2,1H3. The predicted octanol–water partition coefficient (Wildman–Crippen LogP) is 4.50. The zero-order valence-corrected chi connectivity index (χ0v) is 11.5. The molecule has 0 fully saturated rings. The van der Waals surface area contributed by atoms with Crippen molar-refractivity contribution in [2.75, 3.05) is 7.11 Å². The highest BCUT2D eigenvalue weighted by Gasteiger charge is 2.15. The Bertz CT molecular complexity index is 408. The van der Waals surface area contributed by atoms with Crippen molar-refractivity contribution in [2.24, 2.45) is 0 Å². The van der Waals surface area contributed by atoms with Crippen LogP contribution in [0.25, 0.3) is 0 Å². The highest BCUT2D eigenvalue weighted by Crippen LogP contribution is 2.38. The van der Waals surface area contributed by atoms with Gasteiger partial charge in [-0.1, -0.05) is 15.9 Å². The molecule has 0 saturated heterocycles. The fourth-order valence-electron chi connectivity index (χ4n) is 1.41. The van der Waals surface area contributed by atoms with Gasteiger partial charge < -0.3 is 4.74 Å². The second kappa shape index (κ2) is 5.14. The molecule has 1 nitrogen and oxygen atoms in total. The van der Waals surface area contributed by atoms with Crippen molar-refractivity contribution >= 4 is 38.6 Å². The minimum Gasteiger partial charge on any atom is -0.496 e. The minimum absolute atomic E-state index is 0.349. The van der Waals surface area contributed by atoms with Crippen LogP contribution in [0, 0.1) is 0 Å². The van der Waals surface area contributed by atoms with E-state index in [9.17, 15) is 0 Å². The molecule has 0 aliphatic rings. The Kier molecular flexibility index (Phi) is 3.83. The van der Waals surface area contributed by atoms with Crippen molar-refractivity contribution in [2.45, 2.75) is 11.2 Å². The third kappa shape index (κ3) is 2.62. The fourth-order valence-corrected chi connectivity index (χ4v) is 3.86. The van der Waals surface area contributed by atoms with Crippen molar-refractivity contribution in [3.8, 4) is 5.75 Å². The van der Waals surface area contributed by atoms with Gasteiger partial charge in [-0.3, -0.25) is 0 Å². The van der Waals surface area contributed by atoms with Crippen LogP contribution in [0.15, 0.2) is 28.3 Å². The van der Waals surface area contributed by atoms with Crippen molar-refractivity contribution in [3.05, 3.63) is 38.7 Å². The van der Waals surface area contributed by atoms with Crippen LogP contribution in [0.5, 0.6) is 5.75 Å². The summed E-state index contributed by atoms with van der Waals surface area (Å²) in [6, 6.07) is 4.18. The van der Waals surface area contributed by atoms with Gasteiger partial charge >= 0.3 is 0 Å². The predicted molar refractivity (Wildman–Crippen MR) is 70.6 cm³/mol. The lowest BCUT2D eigenvalue weighted by Crippen LogP contribution is -1.94. The molecule has 0 N–H and O–H groups in total. The number of rotatable bonds is 4. The molecular formula is C11H11BrOS2. The average Bonchev–Trinajstić information content (AvgIpc) is 2.86. The van der Waals surface area contributed by atoms with Gasteiger partial charge in [0.1, 0.15) is 5.75 Å². The summed E-state index contributed by atoms with van der Waals surface area (Å²) >= 11 is 7.19. The normalized spacial score (nSPS) is 12.7. The summed E-state index contributed by atoms with van der Waals surface area (Å²) in [5.41, 5.74) is 1.37. The van der Waals surface area contributed by atoms with Crippen molar-refractivity contribution < 1.29 is 4.74 Å². The Morgan fingerprint density at radius 3 is 2.93 bits per heavy atom. The average molecular weight is 303 g/mol. The van der Waals surface area contributed by atoms with Crippen molar-refractivity contribution in [1.29, 1.82) is 0 Å². The molecule has 0 aliphatic carbocycles. The van der Waals surface area contributed by atoms with Crippen LogP contribution in [0.2, 0.25) is 0 Å². The zero-order chi connectivity index (χ0) is 10.7. The number of methoxy groups -OCH3 is 1. The van der Waals surface area contributed by atoms with E-state index >= 15 is 0 Å². The number of thiophene rings is 2. The number of alkyl halides is 1. The van der Waals surface area contributed by atoms with Gasteiger partial charge in [-0.25, -0.2) is 0 Å². The maximum atomic E-state index is 5.31. The molecule has 0 aliphatic heterocycles. The van der Waals surface area contributed by atoms with Gasteiger partial charge in [0.25, 0.3) is 0 Å². The second-order valence-electron chi connectivity index (χ2n) is 3.16. The monoisotopic (exact) mass is 302 g/mol. The Labute approximate surface area is 106 Å². The van der Waals surface area contributed by atoms with Crippen LogP contribution in [0.4, 0.5) is 0 Å². The van der Waals surface area contributed by atoms with E-state index in [0.29, 0.717) is 4.83 Å². The molecule has 2 rings (SSSR count). The summed E-state index contributed by atoms with van der Waals surface area (Å²) in [6.45, 7) is 0. The molecule has 15 heavy (non-hydrogen) atoms. The Hall–Kier alpha value is -0.320. The molecule has 0 aromatic carbocycles. The van der Waals surface area contributed by atoms with Gasteiger partial charge in [0.05, 0.1) is 16.8 Å². The molecule has 0 spiro atoms. The quantitative estimate of drug-likeness (QED) is 0.756. The van der Waals surface area contributed by atoms with E-state index in [1.807, 2.05) is 6.07 Å². The van der Waals surface area contributed by atoms with Crippen LogP contribution in [-0.2, 0) is 6.42 Å². The summed E-state index contributed by atoms with van der Waals surface area (Å²) in [7, 11) is 1.72. The van der Waals surface area contributed by atoms with Crippen LogP contribution >= 0.6 is 38.6 Å². The highest BCUT2D eigenvalue weighted by molar-refractivity contribution is 9.09. The first-order chi connectivity index (χ1) is 7.31. The lowest BCUT2D eigenvalue weighted by atomic mass is 10.1. The number of ether oxygens (including phenoxy) is 1. The smallest absolute Gasteiger partial charge is 0.133 e. The maximum absolute atomic E-state index is 5.31. The zero-order valence-electron chi connectivity index (χ0n) is 8.27. The van der Waals surface area contributed by atoms with Gasteiger partial charge in [0, 0.05) is 0 Å². The molecular weight excluding hydrogens is 292 g/mol. The molecule has 4 heteroatoms. The molecule has 0 amide bonds. The van der Waals surface area contributed by atoms with Crippen molar-refractivity contribution in [1.82, 2.24) is 0 Å². The van der Waals surface area contributed by atoms with Crippen LogP contribution in [0.3, 0.4) is 0 Å². The lowest BCUT2D eigenvalue weighted by molar-refractivity contribution is 0.412. The summed E-state index contributed by atoms with van der Waals surface area (Å²) in [6.07, 6.45) is 1.01. The molecule has 2 aromatic rings. The first-order valence-corrected chi connectivity index (χ1v) is 7.31. The topological polar surface area (TPSA) is 9.23 Å². The molecule has 0 radical (unpaired) electrons. The SMILES string of the molecule is COc1ccsc1C(Br)Cc1ccsc1. The van der Waals surface area contributed by atoms with E-state index in [2.05, 4.69) is 38.1 Å². The first-order valence-electron chi connectivity index (χ1n) is 4.57. The van der Waals surface area contributed by atoms with E-state index in [0.717, 1.165) is 12.2 Å². The molecule has 1 unspecified atom stereocenters. The summed E-state index contributed by atoms with van der Waals surface area (Å²) < 4.78 is 5.31. The molecule has 0 saturated carbocycles. The van der Waals surface area contributed by atoms with Crippen LogP contribution < -0.4 is 4.74 Å². The Morgan fingerprint density at radius 1 is 1.40 bits per heavy atom. The molecule has 80 valence electrons. The minimum atomic E-state index is 0.349.